The van der Waals surface area contributed by atoms with Crippen LogP contribution < -0.4 is 15.8 Å². The fraction of sp³-hybridized carbons (Fsp3) is 0.533. The van der Waals surface area contributed by atoms with Gasteiger partial charge < -0.3 is 20.5 Å². The summed E-state index contributed by atoms with van der Waals surface area (Å²) >= 11 is 0. The molecule has 1 unspecified atom stereocenters. The molecule has 0 radical (unpaired) electrons. The van der Waals surface area contributed by atoms with E-state index in [9.17, 15) is 4.79 Å². The molecule has 0 heterocycles. The fourth-order valence-corrected chi connectivity index (χ4v) is 1.82. The van der Waals surface area contributed by atoms with Gasteiger partial charge in [-0.25, -0.2) is 0 Å². The molecule has 5 heteroatoms. The van der Waals surface area contributed by atoms with Crippen molar-refractivity contribution in [2.75, 3.05) is 32.2 Å². The van der Waals surface area contributed by atoms with E-state index >= 15 is 0 Å². The van der Waals surface area contributed by atoms with Crippen LogP contribution in [0.1, 0.15) is 13.8 Å². The Morgan fingerprint density at radius 1 is 1.35 bits per heavy atom. The largest absolute Gasteiger partial charge is 0.491 e. The number of anilines is 1. The lowest BCUT2D eigenvalue weighted by molar-refractivity contribution is -0.120. The number of benzene rings is 1. The fourth-order valence-electron chi connectivity index (χ4n) is 1.82. The molecule has 5 nitrogen and oxygen atoms in total. The number of hydrogen-bond acceptors (Lipinski definition) is 4. The molecule has 1 aromatic carbocycles. The number of amides is 1. The minimum absolute atomic E-state index is 0.0588. The maximum absolute atomic E-state index is 12.1. The Bertz CT molecular complexity index is 421. The monoisotopic (exact) mass is 280 g/mol. The van der Waals surface area contributed by atoms with Gasteiger partial charge in [-0.05, 0) is 18.1 Å². The summed E-state index contributed by atoms with van der Waals surface area (Å²) in [7, 11) is 1.62. The van der Waals surface area contributed by atoms with Gasteiger partial charge in [0.1, 0.15) is 12.4 Å². The van der Waals surface area contributed by atoms with Crippen molar-refractivity contribution in [3.8, 4) is 5.75 Å². The maximum Gasteiger partial charge on any atom is 0.229 e. The van der Waals surface area contributed by atoms with E-state index in [-0.39, 0.29) is 17.7 Å². The topological polar surface area (TPSA) is 73.6 Å². The molecule has 0 spiro atoms. The molecule has 0 fully saturated rings. The van der Waals surface area contributed by atoms with Gasteiger partial charge in [-0.1, -0.05) is 19.9 Å². The Hall–Kier alpha value is -1.59. The molecule has 0 aliphatic rings. The number of nitrogens with one attached hydrogen (secondary N) is 1. The van der Waals surface area contributed by atoms with Gasteiger partial charge in [0.25, 0.3) is 0 Å². The van der Waals surface area contributed by atoms with Crippen molar-refractivity contribution in [3.63, 3.8) is 0 Å². The summed E-state index contributed by atoms with van der Waals surface area (Å²) in [5.41, 5.74) is 6.35. The van der Waals surface area contributed by atoms with Crippen molar-refractivity contribution < 1.29 is 14.3 Å². The van der Waals surface area contributed by atoms with Gasteiger partial charge in [0.05, 0.1) is 12.5 Å². The van der Waals surface area contributed by atoms with Crippen LogP contribution in [0.3, 0.4) is 0 Å². The molecule has 1 rings (SSSR count). The van der Waals surface area contributed by atoms with E-state index in [2.05, 4.69) is 5.32 Å². The zero-order valence-electron chi connectivity index (χ0n) is 12.4. The zero-order chi connectivity index (χ0) is 15.0. The highest BCUT2D eigenvalue weighted by molar-refractivity contribution is 5.93. The summed E-state index contributed by atoms with van der Waals surface area (Å²) in [4.78, 5) is 12.1. The number of carbonyl (C=O) groups excluding carboxylic acids is 1. The minimum atomic E-state index is -0.187. The van der Waals surface area contributed by atoms with E-state index < -0.39 is 0 Å². The van der Waals surface area contributed by atoms with Crippen LogP contribution in [0, 0.1) is 11.8 Å². The van der Waals surface area contributed by atoms with E-state index in [4.69, 9.17) is 15.2 Å². The van der Waals surface area contributed by atoms with Gasteiger partial charge in [-0.15, -0.1) is 0 Å². The molecule has 0 bridgehead atoms. The lowest BCUT2D eigenvalue weighted by Gasteiger charge is -2.18. The molecule has 0 aliphatic heterocycles. The Morgan fingerprint density at radius 3 is 2.70 bits per heavy atom. The van der Waals surface area contributed by atoms with Crippen LogP contribution in [-0.2, 0) is 9.53 Å². The van der Waals surface area contributed by atoms with Gasteiger partial charge in [-0.3, -0.25) is 4.79 Å². The molecule has 0 aromatic heterocycles. The quantitative estimate of drug-likeness (QED) is 0.713. The van der Waals surface area contributed by atoms with E-state index in [0.29, 0.717) is 31.2 Å². The van der Waals surface area contributed by atoms with Crippen LogP contribution >= 0.6 is 0 Å². The highest BCUT2D eigenvalue weighted by Gasteiger charge is 2.20. The van der Waals surface area contributed by atoms with Crippen LogP contribution in [-0.4, -0.2) is 32.8 Å². The first-order valence-electron chi connectivity index (χ1n) is 6.81. The van der Waals surface area contributed by atoms with Crippen LogP contribution in [0.4, 0.5) is 5.69 Å². The van der Waals surface area contributed by atoms with Crippen molar-refractivity contribution in [1.82, 2.24) is 0 Å². The van der Waals surface area contributed by atoms with Crippen LogP contribution in [0.25, 0.3) is 0 Å². The van der Waals surface area contributed by atoms with Gasteiger partial charge in [0.15, 0.2) is 0 Å². The molecule has 20 heavy (non-hydrogen) atoms. The van der Waals surface area contributed by atoms with Crippen molar-refractivity contribution in [2.45, 2.75) is 13.8 Å². The third-order valence-corrected chi connectivity index (χ3v) is 3.05. The standard InChI is InChI=1S/C15H24N2O3/c1-11(2)14(10-16)15(18)17-12-5-4-6-13(9-12)20-8-7-19-3/h4-6,9,11,14H,7-8,10,16H2,1-3H3,(H,17,18). The number of carbonyl (C=O) groups is 1. The van der Waals surface area contributed by atoms with Crippen LogP contribution in [0.15, 0.2) is 24.3 Å². The van der Waals surface area contributed by atoms with Gasteiger partial charge in [-0.2, -0.15) is 0 Å². The summed E-state index contributed by atoms with van der Waals surface area (Å²) in [5, 5.41) is 2.87. The van der Waals surface area contributed by atoms with Crippen LogP contribution in [0.2, 0.25) is 0 Å². The number of rotatable bonds is 8. The molecule has 0 aliphatic carbocycles. The summed E-state index contributed by atoms with van der Waals surface area (Å²) < 4.78 is 10.4. The highest BCUT2D eigenvalue weighted by Crippen LogP contribution is 2.19. The van der Waals surface area contributed by atoms with Crippen molar-refractivity contribution >= 4 is 11.6 Å². The Morgan fingerprint density at radius 2 is 2.10 bits per heavy atom. The van der Waals surface area contributed by atoms with E-state index in [1.165, 1.54) is 0 Å². The number of methoxy groups -OCH3 is 1. The summed E-state index contributed by atoms with van der Waals surface area (Å²) in [6.07, 6.45) is 0. The van der Waals surface area contributed by atoms with Gasteiger partial charge in [0.2, 0.25) is 5.91 Å². The third-order valence-electron chi connectivity index (χ3n) is 3.05. The number of ether oxygens (including phenoxy) is 2. The van der Waals surface area contributed by atoms with Gasteiger partial charge in [0, 0.05) is 25.4 Å². The smallest absolute Gasteiger partial charge is 0.229 e. The minimum Gasteiger partial charge on any atom is -0.491 e. The second kappa shape index (κ2) is 8.55. The third kappa shape index (κ3) is 5.19. The molecule has 3 N–H and O–H groups in total. The first-order valence-corrected chi connectivity index (χ1v) is 6.81. The van der Waals surface area contributed by atoms with E-state index in [1.54, 1.807) is 13.2 Å². The Balaban J connectivity index is 2.63. The average molecular weight is 280 g/mol. The second-order valence-corrected chi connectivity index (χ2v) is 4.94. The number of hydrogen-bond donors (Lipinski definition) is 2. The van der Waals surface area contributed by atoms with Crippen molar-refractivity contribution in [3.05, 3.63) is 24.3 Å². The SMILES string of the molecule is COCCOc1cccc(NC(=O)C(CN)C(C)C)c1. The average Bonchev–Trinajstić information content (AvgIpc) is 2.39. The molecule has 1 aromatic rings. The lowest BCUT2D eigenvalue weighted by atomic mass is 9.95. The molecule has 1 amide bonds. The normalized spacial score (nSPS) is 12.2. The first-order chi connectivity index (χ1) is 9.58. The summed E-state index contributed by atoms with van der Waals surface area (Å²) in [5.74, 6) is 0.666. The predicted octanol–water partition coefficient (Wildman–Crippen LogP) is 1.88. The second-order valence-electron chi connectivity index (χ2n) is 4.94. The first kappa shape index (κ1) is 16.5. The highest BCUT2D eigenvalue weighted by atomic mass is 16.5. The maximum atomic E-state index is 12.1. The zero-order valence-corrected chi connectivity index (χ0v) is 12.4. The van der Waals surface area contributed by atoms with E-state index in [0.717, 1.165) is 0 Å². The Kier molecular flexibility index (Phi) is 7.04. The Labute approximate surface area is 120 Å². The molecule has 0 saturated heterocycles. The number of nitrogens with two attached hydrogens (primary N) is 1. The summed E-state index contributed by atoms with van der Waals surface area (Å²) in [6, 6.07) is 7.30. The lowest BCUT2D eigenvalue weighted by Crippen LogP contribution is -2.33. The molecule has 112 valence electrons. The van der Waals surface area contributed by atoms with Crippen molar-refractivity contribution in [1.29, 1.82) is 0 Å². The predicted molar refractivity (Wildman–Crippen MR) is 79.8 cm³/mol. The molecule has 1 atom stereocenters. The van der Waals surface area contributed by atoms with Gasteiger partial charge >= 0.3 is 0 Å². The molecule has 0 saturated carbocycles. The molecular weight excluding hydrogens is 256 g/mol. The van der Waals surface area contributed by atoms with Crippen molar-refractivity contribution in [2.24, 2.45) is 17.6 Å². The van der Waals surface area contributed by atoms with E-state index in [1.807, 2.05) is 32.0 Å². The summed E-state index contributed by atoms with van der Waals surface area (Å²) in [6.45, 7) is 5.32. The van der Waals surface area contributed by atoms with Crippen LogP contribution in [0.5, 0.6) is 5.75 Å². The molecular formula is C15H24N2O3.